The highest BCUT2D eigenvalue weighted by Crippen LogP contribution is 2.29. The van der Waals surface area contributed by atoms with Crippen LogP contribution in [0.4, 0.5) is 4.79 Å². The molecular weight excluding hydrogens is 696 g/mol. The van der Waals surface area contributed by atoms with Gasteiger partial charge in [-0.25, -0.2) is 4.79 Å². The van der Waals surface area contributed by atoms with Gasteiger partial charge in [0.15, 0.2) is 0 Å². The highest BCUT2D eigenvalue weighted by Gasteiger charge is 2.47. The number of benzene rings is 1. The molecule has 15 heteroatoms. The molecule has 0 saturated carbocycles. The molecule has 0 spiro atoms. The molecular formula is C39H62N6O9. The summed E-state index contributed by atoms with van der Waals surface area (Å²) in [4.78, 5) is 93.3. The van der Waals surface area contributed by atoms with Crippen molar-refractivity contribution < 1.29 is 43.0 Å². The molecule has 1 unspecified atom stereocenters. The van der Waals surface area contributed by atoms with Crippen LogP contribution in [0, 0.1) is 11.3 Å². The van der Waals surface area contributed by atoms with E-state index in [-0.39, 0.29) is 44.4 Å². The second-order valence-electron chi connectivity index (χ2n) is 16.2. The van der Waals surface area contributed by atoms with Crippen molar-refractivity contribution in [3.63, 3.8) is 0 Å². The minimum Gasteiger partial charge on any atom is -0.449 e. The number of Topliss-reactive ketones (excluding diaryl/α,β-unsaturated/α-hetero) is 1. The molecule has 6 amide bonds. The Kier molecular flexibility index (Phi) is 17.6. The summed E-state index contributed by atoms with van der Waals surface area (Å²) < 4.78 is 11.5. The van der Waals surface area contributed by atoms with Gasteiger partial charge in [-0.15, -0.1) is 0 Å². The molecule has 0 radical (unpaired) electrons. The Labute approximate surface area is 319 Å². The van der Waals surface area contributed by atoms with Gasteiger partial charge >= 0.3 is 6.09 Å². The smallest absolute Gasteiger partial charge is 0.407 e. The van der Waals surface area contributed by atoms with E-state index in [1.54, 1.807) is 45.0 Å². The minimum absolute atomic E-state index is 0.0541. The summed E-state index contributed by atoms with van der Waals surface area (Å²) in [6, 6.07) is 5.00. The first-order chi connectivity index (χ1) is 25.1. The molecule has 1 fully saturated rings. The van der Waals surface area contributed by atoms with Gasteiger partial charge in [0.25, 0.3) is 5.91 Å². The van der Waals surface area contributed by atoms with E-state index in [2.05, 4.69) is 26.6 Å². The van der Waals surface area contributed by atoms with Crippen molar-refractivity contribution in [2.45, 2.75) is 131 Å². The summed E-state index contributed by atoms with van der Waals surface area (Å²) in [6.45, 7) is 17.8. The fraction of sp³-hybridized carbons (Fsp3) is 0.667. The number of nitrogens with one attached hydrogen (secondary N) is 5. The summed E-state index contributed by atoms with van der Waals surface area (Å²) >= 11 is 0. The molecule has 0 aliphatic carbocycles. The summed E-state index contributed by atoms with van der Waals surface area (Å²) in [5.74, 6) is -3.96. The molecule has 54 heavy (non-hydrogen) atoms. The van der Waals surface area contributed by atoms with Gasteiger partial charge in [0.05, 0.1) is 36.9 Å². The van der Waals surface area contributed by atoms with Crippen molar-refractivity contribution in [2.24, 2.45) is 11.3 Å². The lowest BCUT2D eigenvalue weighted by atomic mass is 9.85. The standard InChI is InChI=1S/C39H62N6O9/c1-11-12-18-28(32(48)35(50)41-21-31(47)42-29(20-40-25(4)46)26-16-14-13-15-17-26)43-34(49)30-19-27(54-39(8,9)10)22-45(30)36(51)33(38(5,6)7)44-37(52)53-23-24(2)3/h13-17,24,27-30,33H,11-12,18-23H2,1-10H3,(H,40,46)(H,41,50)(H,42,47)(H,43,49)(H,44,52)/t27-,28?,29-,30+,33-/m1/s1. The number of ether oxygens (including phenoxy) is 2. The molecule has 0 bridgehead atoms. The molecule has 302 valence electrons. The SMILES string of the molecule is CCCCC(NC(=O)[C@@H]1C[C@@H](OC(C)(C)C)CN1C(=O)[C@@H](NC(=O)OCC(C)C)C(C)(C)C)C(=O)C(=O)NCC(=O)N[C@H](CNC(C)=O)c1ccccc1. The molecule has 1 saturated heterocycles. The van der Waals surface area contributed by atoms with E-state index >= 15 is 0 Å². The van der Waals surface area contributed by atoms with E-state index in [1.165, 1.54) is 11.8 Å². The Hall–Kier alpha value is -4.53. The number of unbranched alkanes of at least 4 members (excludes halogenated alkanes) is 1. The van der Waals surface area contributed by atoms with Crippen LogP contribution in [0.2, 0.25) is 0 Å². The van der Waals surface area contributed by atoms with E-state index in [0.29, 0.717) is 12.8 Å². The van der Waals surface area contributed by atoms with Crippen LogP contribution >= 0.6 is 0 Å². The van der Waals surface area contributed by atoms with Gasteiger partial charge in [0.1, 0.15) is 12.1 Å². The number of alkyl carbamates (subject to hydrolysis) is 1. The number of hydrogen-bond donors (Lipinski definition) is 5. The zero-order valence-corrected chi connectivity index (χ0v) is 33.6. The fourth-order valence-electron chi connectivity index (χ4n) is 5.87. The highest BCUT2D eigenvalue weighted by atomic mass is 16.5. The third-order valence-corrected chi connectivity index (χ3v) is 8.50. The van der Waals surface area contributed by atoms with E-state index < -0.39 is 83.3 Å². The molecule has 1 aromatic carbocycles. The van der Waals surface area contributed by atoms with Crippen LogP contribution in [0.1, 0.15) is 107 Å². The van der Waals surface area contributed by atoms with Crippen LogP contribution in [0.5, 0.6) is 0 Å². The lowest BCUT2D eigenvalue weighted by Gasteiger charge is -2.35. The number of hydrogen-bond acceptors (Lipinski definition) is 9. The number of carbonyl (C=O) groups excluding carboxylic acids is 7. The quantitative estimate of drug-likeness (QED) is 0.140. The molecule has 2 rings (SSSR count). The van der Waals surface area contributed by atoms with Crippen LogP contribution < -0.4 is 26.6 Å². The van der Waals surface area contributed by atoms with E-state index in [0.717, 1.165) is 5.56 Å². The van der Waals surface area contributed by atoms with Gasteiger partial charge in [-0.1, -0.05) is 84.7 Å². The van der Waals surface area contributed by atoms with Crippen LogP contribution in [-0.2, 0) is 38.2 Å². The van der Waals surface area contributed by atoms with Crippen molar-refractivity contribution in [3.05, 3.63) is 35.9 Å². The first kappa shape index (κ1) is 45.6. The van der Waals surface area contributed by atoms with Crippen LogP contribution in [0.25, 0.3) is 0 Å². The second kappa shape index (κ2) is 20.8. The topological polar surface area (TPSA) is 201 Å². The summed E-state index contributed by atoms with van der Waals surface area (Å²) in [6.07, 6.45) is 0.141. The van der Waals surface area contributed by atoms with Gasteiger partial charge < -0.3 is 41.0 Å². The third kappa shape index (κ3) is 15.4. The van der Waals surface area contributed by atoms with Gasteiger partial charge in [-0.3, -0.25) is 28.8 Å². The highest BCUT2D eigenvalue weighted by molar-refractivity contribution is 6.38. The van der Waals surface area contributed by atoms with Crippen molar-refractivity contribution in [1.29, 1.82) is 0 Å². The van der Waals surface area contributed by atoms with Crippen molar-refractivity contribution in [2.75, 3.05) is 26.2 Å². The Bertz CT molecular complexity index is 1450. The minimum atomic E-state index is -1.24. The summed E-state index contributed by atoms with van der Waals surface area (Å²) in [5.41, 5.74) is -0.635. The predicted molar refractivity (Wildman–Crippen MR) is 203 cm³/mol. The predicted octanol–water partition coefficient (Wildman–Crippen LogP) is 2.92. The van der Waals surface area contributed by atoms with Gasteiger partial charge in [-0.2, -0.15) is 0 Å². The second-order valence-corrected chi connectivity index (χ2v) is 16.2. The zero-order valence-electron chi connectivity index (χ0n) is 33.6. The number of nitrogens with zero attached hydrogens (tertiary/aromatic N) is 1. The Morgan fingerprint density at radius 1 is 0.907 bits per heavy atom. The summed E-state index contributed by atoms with van der Waals surface area (Å²) in [7, 11) is 0. The molecule has 1 aromatic rings. The number of rotatable bonds is 18. The van der Waals surface area contributed by atoms with Gasteiger partial charge in [0, 0.05) is 26.4 Å². The zero-order chi connectivity index (χ0) is 40.8. The molecule has 5 atom stereocenters. The number of ketones is 1. The van der Waals surface area contributed by atoms with Crippen LogP contribution in [-0.4, -0.2) is 102 Å². The maximum Gasteiger partial charge on any atom is 0.407 e. The molecule has 15 nitrogen and oxygen atoms in total. The fourth-order valence-corrected chi connectivity index (χ4v) is 5.87. The molecule has 1 aliphatic rings. The Morgan fingerprint density at radius 3 is 2.11 bits per heavy atom. The first-order valence-corrected chi connectivity index (χ1v) is 18.8. The molecule has 0 aromatic heterocycles. The first-order valence-electron chi connectivity index (χ1n) is 18.8. The lowest BCUT2D eigenvalue weighted by Crippen LogP contribution is -2.59. The van der Waals surface area contributed by atoms with Gasteiger partial charge in [-0.05, 0) is 44.1 Å². The van der Waals surface area contributed by atoms with Crippen molar-refractivity contribution >= 4 is 41.4 Å². The van der Waals surface area contributed by atoms with E-state index in [4.69, 9.17) is 9.47 Å². The van der Waals surface area contributed by atoms with E-state index in [9.17, 15) is 33.6 Å². The normalized spacial score (nSPS) is 17.5. The molecule has 5 N–H and O–H groups in total. The maximum atomic E-state index is 14.2. The summed E-state index contributed by atoms with van der Waals surface area (Å²) in [5, 5.41) is 13.2. The van der Waals surface area contributed by atoms with Crippen molar-refractivity contribution in [3.8, 4) is 0 Å². The third-order valence-electron chi connectivity index (χ3n) is 8.50. The largest absolute Gasteiger partial charge is 0.449 e. The van der Waals surface area contributed by atoms with Gasteiger partial charge in [0.2, 0.25) is 29.4 Å². The monoisotopic (exact) mass is 758 g/mol. The number of carbonyl (C=O) groups is 7. The lowest BCUT2D eigenvalue weighted by molar-refractivity contribution is -0.144. The van der Waals surface area contributed by atoms with Crippen LogP contribution in [0.15, 0.2) is 30.3 Å². The molecule has 1 aliphatic heterocycles. The maximum absolute atomic E-state index is 14.2. The number of likely N-dealkylation sites (tertiary alicyclic amines) is 1. The van der Waals surface area contributed by atoms with E-state index in [1.807, 2.05) is 47.6 Å². The average Bonchev–Trinajstić information content (AvgIpc) is 3.50. The Balaban J connectivity index is 2.24. The number of amides is 6. The Morgan fingerprint density at radius 2 is 1.56 bits per heavy atom. The van der Waals surface area contributed by atoms with Crippen molar-refractivity contribution in [1.82, 2.24) is 31.5 Å². The average molecular weight is 759 g/mol. The molecule has 1 heterocycles. The van der Waals surface area contributed by atoms with Crippen LogP contribution in [0.3, 0.4) is 0 Å².